The molecule has 0 heterocycles. The van der Waals surface area contributed by atoms with Gasteiger partial charge in [-0.1, -0.05) is 22.5 Å². The zero-order chi connectivity index (χ0) is 11.4. The number of nitrogen functional groups attached to an aromatic ring is 1. The normalized spacial score (nSPS) is 9.73. The summed E-state index contributed by atoms with van der Waals surface area (Å²) in [6.45, 7) is 5.91. The largest absolute Gasteiger partial charge is 0.399 e. The quantitative estimate of drug-likeness (QED) is 0.826. The van der Waals surface area contributed by atoms with Crippen LogP contribution < -0.4 is 11.1 Å². The molecular formula is C11H13BrN2O. The molecule has 1 aromatic carbocycles. The molecule has 0 atom stereocenters. The maximum absolute atomic E-state index is 11.7. The number of benzene rings is 1. The number of carbonyl (C=O) groups excluding carboxylic acids is 1. The molecule has 15 heavy (non-hydrogen) atoms. The highest BCUT2D eigenvalue weighted by molar-refractivity contribution is 9.11. The first kappa shape index (κ1) is 11.8. The van der Waals surface area contributed by atoms with Gasteiger partial charge in [-0.05, 0) is 30.7 Å². The number of nitrogens with two attached hydrogens (primary N) is 1. The summed E-state index contributed by atoms with van der Waals surface area (Å²) in [5.74, 6) is -0.117. The van der Waals surface area contributed by atoms with E-state index < -0.39 is 0 Å². The number of carbonyl (C=O) groups is 1. The fourth-order valence-corrected chi connectivity index (χ4v) is 1.35. The third-order valence-electron chi connectivity index (χ3n) is 1.94. The maximum Gasteiger partial charge on any atom is 0.251 e. The van der Waals surface area contributed by atoms with Crippen LogP contribution in [-0.4, -0.2) is 12.5 Å². The number of anilines is 1. The Bertz CT molecular complexity index is 402. The van der Waals surface area contributed by atoms with Crippen LogP contribution in [0.5, 0.6) is 0 Å². The van der Waals surface area contributed by atoms with E-state index >= 15 is 0 Å². The van der Waals surface area contributed by atoms with Crippen molar-refractivity contribution in [3.05, 3.63) is 40.4 Å². The molecule has 0 aliphatic rings. The number of hydrogen-bond acceptors (Lipinski definition) is 2. The van der Waals surface area contributed by atoms with E-state index in [1.54, 1.807) is 18.2 Å². The summed E-state index contributed by atoms with van der Waals surface area (Å²) < 4.78 is 0.740. The zero-order valence-electron chi connectivity index (χ0n) is 8.51. The van der Waals surface area contributed by atoms with Crippen molar-refractivity contribution < 1.29 is 4.79 Å². The van der Waals surface area contributed by atoms with Crippen LogP contribution in [0.4, 0.5) is 5.69 Å². The number of nitrogens with one attached hydrogen (secondary N) is 1. The Morgan fingerprint density at radius 3 is 2.80 bits per heavy atom. The minimum atomic E-state index is -0.117. The lowest BCUT2D eigenvalue weighted by atomic mass is 10.1. The van der Waals surface area contributed by atoms with Gasteiger partial charge in [0.1, 0.15) is 0 Å². The Morgan fingerprint density at radius 1 is 1.60 bits per heavy atom. The fraction of sp³-hybridized carbons (Fsp3) is 0.182. The molecule has 0 aliphatic carbocycles. The first-order valence-electron chi connectivity index (χ1n) is 4.48. The van der Waals surface area contributed by atoms with E-state index in [4.69, 9.17) is 5.73 Å². The monoisotopic (exact) mass is 268 g/mol. The van der Waals surface area contributed by atoms with Gasteiger partial charge in [0, 0.05) is 22.3 Å². The van der Waals surface area contributed by atoms with E-state index in [0.717, 1.165) is 10.0 Å². The Morgan fingerprint density at radius 2 is 2.27 bits per heavy atom. The van der Waals surface area contributed by atoms with Crippen molar-refractivity contribution in [1.82, 2.24) is 5.32 Å². The number of hydrogen-bond donors (Lipinski definition) is 2. The molecule has 0 bridgehead atoms. The molecule has 1 rings (SSSR count). The average molecular weight is 269 g/mol. The Labute approximate surface area is 97.5 Å². The third kappa shape index (κ3) is 3.40. The molecule has 0 saturated carbocycles. The first-order valence-corrected chi connectivity index (χ1v) is 5.27. The van der Waals surface area contributed by atoms with E-state index in [2.05, 4.69) is 27.8 Å². The molecule has 0 fully saturated rings. The van der Waals surface area contributed by atoms with E-state index in [-0.39, 0.29) is 5.91 Å². The van der Waals surface area contributed by atoms with Crippen LogP contribution in [0, 0.1) is 6.92 Å². The Balaban J connectivity index is 2.78. The van der Waals surface area contributed by atoms with Crippen LogP contribution >= 0.6 is 15.9 Å². The lowest BCUT2D eigenvalue weighted by molar-refractivity contribution is 0.0957. The third-order valence-corrected chi connectivity index (χ3v) is 2.22. The van der Waals surface area contributed by atoms with Crippen molar-refractivity contribution in [2.45, 2.75) is 6.92 Å². The predicted octanol–water partition coefficient (Wildman–Crippen LogP) is 2.22. The molecule has 4 heteroatoms. The fourth-order valence-electron chi connectivity index (χ4n) is 1.21. The molecule has 3 N–H and O–H groups in total. The zero-order valence-corrected chi connectivity index (χ0v) is 10.1. The summed E-state index contributed by atoms with van der Waals surface area (Å²) >= 11 is 3.18. The summed E-state index contributed by atoms with van der Waals surface area (Å²) in [4.78, 5) is 11.7. The summed E-state index contributed by atoms with van der Waals surface area (Å²) in [7, 11) is 0. The van der Waals surface area contributed by atoms with Crippen LogP contribution in [0.25, 0.3) is 0 Å². The van der Waals surface area contributed by atoms with Gasteiger partial charge in [-0.25, -0.2) is 0 Å². The number of rotatable bonds is 3. The van der Waals surface area contributed by atoms with Gasteiger partial charge in [0.2, 0.25) is 0 Å². The van der Waals surface area contributed by atoms with Gasteiger partial charge >= 0.3 is 0 Å². The summed E-state index contributed by atoms with van der Waals surface area (Å²) in [5.41, 5.74) is 7.76. The van der Waals surface area contributed by atoms with Crippen LogP contribution in [-0.2, 0) is 0 Å². The topological polar surface area (TPSA) is 55.1 Å². The lowest BCUT2D eigenvalue weighted by Crippen LogP contribution is -2.25. The minimum Gasteiger partial charge on any atom is -0.399 e. The van der Waals surface area contributed by atoms with E-state index in [1.807, 2.05) is 6.92 Å². The van der Waals surface area contributed by atoms with E-state index in [1.165, 1.54) is 0 Å². The highest BCUT2D eigenvalue weighted by Crippen LogP contribution is 2.12. The average Bonchev–Trinajstić information content (AvgIpc) is 2.14. The molecule has 1 amide bonds. The maximum atomic E-state index is 11.7. The predicted molar refractivity (Wildman–Crippen MR) is 66.0 cm³/mol. The van der Waals surface area contributed by atoms with Crippen LogP contribution in [0.15, 0.2) is 29.3 Å². The van der Waals surface area contributed by atoms with Gasteiger partial charge in [0.15, 0.2) is 0 Å². The molecule has 0 saturated heterocycles. The summed E-state index contributed by atoms with van der Waals surface area (Å²) in [6, 6.07) is 5.21. The van der Waals surface area contributed by atoms with Crippen molar-refractivity contribution in [2.75, 3.05) is 12.3 Å². The summed E-state index contributed by atoms with van der Waals surface area (Å²) in [6.07, 6.45) is 0. The number of halogens is 1. The van der Waals surface area contributed by atoms with Gasteiger partial charge < -0.3 is 11.1 Å². The molecule has 0 unspecified atom stereocenters. The molecule has 0 radical (unpaired) electrons. The summed E-state index contributed by atoms with van der Waals surface area (Å²) in [5, 5.41) is 2.73. The highest BCUT2D eigenvalue weighted by Gasteiger charge is 2.08. The molecule has 3 nitrogen and oxygen atoms in total. The molecular weight excluding hydrogens is 256 g/mol. The van der Waals surface area contributed by atoms with Gasteiger partial charge in [-0.2, -0.15) is 0 Å². The highest BCUT2D eigenvalue weighted by atomic mass is 79.9. The van der Waals surface area contributed by atoms with Crippen LogP contribution in [0.3, 0.4) is 0 Å². The Kier molecular flexibility index (Phi) is 3.91. The van der Waals surface area contributed by atoms with Gasteiger partial charge in [0.25, 0.3) is 5.91 Å². The SMILES string of the molecule is C=C(Br)CNC(=O)c1ccc(N)cc1C. The molecule has 1 aromatic rings. The van der Waals surface area contributed by atoms with Crippen LogP contribution in [0.2, 0.25) is 0 Å². The van der Waals surface area contributed by atoms with Crippen molar-refractivity contribution in [2.24, 2.45) is 0 Å². The lowest BCUT2D eigenvalue weighted by Gasteiger charge is -2.07. The second-order valence-corrected chi connectivity index (χ2v) is 4.40. The second-order valence-electron chi connectivity index (χ2n) is 3.27. The Hall–Kier alpha value is -1.29. The van der Waals surface area contributed by atoms with E-state index in [0.29, 0.717) is 17.8 Å². The second kappa shape index (κ2) is 4.98. The van der Waals surface area contributed by atoms with Crippen molar-refractivity contribution in [1.29, 1.82) is 0 Å². The van der Waals surface area contributed by atoms with Gasteiger partial charge in [0.05, 0.1) is 0 Å². The number of aryl methyl sites for hydroxylation is 1. The molecule has 0 aromatic heterocycles. The van der Waals surface area contributed by atoms with Crippen molar-refractivity contribution in [3.8, 4) is 0 Å². The van der Waals surface area contributed by atoms with Crippen molar-refractivity contribution >= 4 is 27.5 Å². The number of amides is 1. The standard InChI is InChI=1S/C11H13BrN2O/c1-7-5-9(13)3-4-10(7)11(15)14-6-8(2)12/h3-5H,2,6,13H2,1H3,(H,14,15). The van der Waals surface area contributed by atoms with Crippen LogP contribution in [0.1, 0.15) is 15.9 Å². The van der Waals surface area contributed by atoms with Gasteiger partial charge in [-0.3, -0.25) is 4.79 Å². The molecule has 0 aliphatic heterocycles. The molecule has 80 valence electrons. The smallest absolute Gasteiger partial charge is 0.251 e. The molecule has 0 spiro atoms. The first-order chi connectivity index (χ1) is 7.00. The van der Waals surface area contributed by atoms with E-state index in [9.17, 15) is 4.79 Å². The van der Waals surface area contributed by atoms with Crippen molar-refractivity contribution in [3.63, 3.8) is 0 Å². The minimum absolute atomic E-state index is 0.117. The van der Waals surface area contributed by atoms with Gasteiger partial charge in [-0.15, -0.1) is 0 Å².